The molecule has 2 unspecified atom stereocenters. The number of piperazine rings is 1. The van der Waals surface area contributed by atoms with Gasteiger partial charge in [-0.1, -0.05) is 0 Å². The van der Waals surface area contributed by atoms with E-state index in [0.717, 1.165) is 106 Å². The molecule has 2 aromatic carbocycles. The van der Waals surface area contributed by atoms with Crippen LogP contribution < -0.4 is 20.4 Å². The molecule has 1 saturated carbocycles. The Balaban J connectivity index is 0.998. The molecule has 2 atom stereocenters. The zero-order valence-corrected chi connectivity index (χ0v) is 26.9. The molecule has 0 spiro atoms. The third-order valence-electron chi connectivity index (χ3n) is 10.2. The van der Waals surface area contributed by atoms with E-state index in [0.29, 0.717) is 11.5 Å². The maximum atomic E-state index is 12.9. The highest BCUT2D eigenvalue weighted by Gasteiger charge is 2.36. The van der Waals surface area contributed by atoms with Crippen LogP contribution in [0.1, 0.15) is 44.6 Å². The van der Waals surface area contributed by atoms with Gasteiger partial charge in [-0.2, -0.15) is 5.10 Å². The van der Waals surface area contributed by atoms with Gasteiger partial charge in [0.2, 0.25) is 0 Å². The molecule has 3 aliphatic heterocycles. The number of morpholine rings is 1. The number of rotatable bonds is 6. The molecule has 4 aliphatic rings. The molecule has 4 aromatic rings. The molecule has 0 radical (unpaired) electrons. The minimum absolute atomic E-state index is 0.195. The zero-order chi connectivity index (χ0) is 31.9. The van der Waals surface area contributed by atoms with Crippen LogP contribution in [0.2, 0.25) is 0 Å². The summed E-state index contributed by atoms with van der Waals surface area (Å²) >= 11 is 0. The van der Waals surface area contributed by atoms with E-state index >= 15 is 0 Å². The number of urea groups is 1. The summed E-state index contributed by atoms with van der Waals surface area (Å²) in [7, 11) is 2.15. The highest BCUT2D eigenvalue weighted by molar-refractivity contribution is 6.00. The number of ether oxygens (including phenoxy) is 1. The van der Waals surface area contributed by atoms with Gasteiger partial charge in [0.15, 0.2) is 11.5 Å². The third kappa shape index (κ3) is 6.37. The summed E-state index contributed by atoms with van der Waals surface area (Å²) in [6.07, 6.45) is 7.57. The predicted molar refractivity (Wildman–Crippen MR) is 183 cm³/mol. The smallest absolute Gasteiger partial charge is 0.323 e. The number of aliphatic hydroxyl groups is 1. The number of aromatic nitrogens is 4. The van der Waals surface area contributed by atoms with Gasteiger partial charge in [0.05, 0.1) is 35.9 Å². The van der Waals surface area contributed by atoms with Crippen molar-refractivity contribution in [3.05, 3.63) is 54.7 Å². The van der Waals surface area contributed by atoms with Crippen molar-refractivity contribution in [3.63, 3.8) is 0 Å². The number of likely N-dealkylation sites (N-methyl/N-ethyl adjacent to an activating group) is 1. The van der Waals surface area contributed by atoms with Gasteiger partial charge in [-0.15, -0.1) is 0 Å². The Bertz CT molecular complexity index is 1700. The number of hydrogen-bond donors (Lipinski definition) is 3. The molecule has 246 valence electrons. The van der Waals surface area contributed by atoms with Crippen LogP contribution in [-0.4, -0.2) is 100 Å². The normalized spacial score (nSPS) is 24.9. The SMILES string of the molecule is CN1CCN(c2ccc(NC(=O)Nc3ccc(-c4nc(N5CC6CCC(C5)O6)c5cnn([C@H]6CC[C@H](O)CC6)c5n4)cc3)cc2)CC1. The van der Waals surface area contributed by atoms with Crippen LogP contribution in [0, 0.1) is 0 Å². The van der Waals surface area contributed by atoms with Gasteiger partial charge in [-0.25, -0.2) is 19.4 Å². The van der Waals surface area contributed by atoms with Crippen molar-refractivity contribution in [2.45, 2.75) is 62.9 Å². The van der Waals surface area contributed by atoms with Crippen LogP contribution in [0.4, 0.5) is 27.7 Å². The number of amides is 2. The molecule has 2 amide bonds. The fraction of sp³-hybridized carbons (Fsp3) is 0.486. The summed E-state index contributed by atoms with van der Waals surface area (Å²) in [5.74, 6) is 1.52. The number of hydrogen-bond acceptors (Lipinski definition) is 9. The van der Waals surface area contributed by atoms with Gasteiger partial charge in [0.25, 0.3) is 0 Å². The average Bonchev–Trinajstić information content (AvgIpc) is 3.67. The minimum Gasteiger partial charge on any atom is -0.393 e. The van der Waals surface area contributed by atoms with Crippen molar-refractivity contribution in [2.75, 3.05) is 66.7 Å². The Hall–Kier alpha value is -4.26. The third-order valence-corrected chi connectivity index (χ3v) is 10.2. The fourth-order valence-electron chi connectivity index (χ4n) is 7.46. The molecular formula is C35H43N9O3. The lowest BCUT2D eigenvalue weighted by atomic mass is 9.93. The quantitative estimate of drug-likeness (QED) is 0.275. The van der Waals surface area contributed by atoms with Gasteiger partial charge in [-0.05, 0) is 94.1 Å². The van der Waals surface area contributed by atoms with Gasteiger partial charge in [0.1, 0.15) is 5.82 Å². The molecule has 2 aromatic heterocycles. The molecule has 4 fully saturated rings. The number of carbonyl (C=O) groups is 1. The summed E-state index contributed by atoms with van der Waals surface area (Å²) < 4.78 is 8.17. The van der Waals surface area contributed by atoms with Crippen LogP contribution in [0.5, 0.6) is 0 Å². The highest BCUT2D eigenvalue weighted by atomic mass is 16.5. The number of nitrogens with one attached hydrogen (secondary N) is 2. The standard InChI is InChI=1S/C35H43N9O3/c1-41-16-18-42(19-17-41)26-8-6-25(7-9-26)38-35(46)37-24-4-2-23(3-5-24)32-39-33(43-21-29-14-15-30(22-43)47-29)31-20-36-44(34(31)40-32)27-10-12-28(45)13-11-27/h2-9,20,27-30,45H,10-19,21-22H2,1H3,(H2,37,38,46)/t27-,28-,29?,30?. The first-order valence-electron chi connectivity index (χ1n) is 17.0. The summed E-state index contributed by atoms with van der Waals surface area (Å²) in [4.78, 5) is 30.1. The van der Waals surface area contributed by atoms with Crippen molar-refractivity contribution in [2.24, 2.45) is 0 Å². The van der Waals surface area contributed by atoms with E-state index in [1.54, 1.807) is 0 Å². The first kappa shape index (κ1) is 30.1. The lowest BCUT2D eigenvalue weighted by Gasteiger charge is -2.34. The zero-order valence-electron chi connectivity index (χ0n) is 26.9. The van der Waals surface area contributed by atoms with E-state index in [-0.39, 0.29) is 30.4 Å². The van der Waals surface area contributed by atoms with Crippen molar-refractivity contribution in [3.8, 4) is 11.4 Å². The summed E-state index contributed by atoms with van der Waals surface area (Å²) in [5.41, 5.74) is 4.28. The summed E-state index contributed by atoms with van der Waals surface area (Å²) in [6, 6.07) is 15.6. The number of carbonyl (C=O) groups excluding carboxylic acids is 1. The van der Waals surface area contributed by atoms with Crippen LogP contribution in [0.3, 0.4) is 0 Å². The molecule has 5 heterocycles. The molecule has 3 N–H and O–H groups in total. The second-order valence-corrected chi connectivity index (χ2v) is 13.5. The average molecular weight is 638 g/mol. The number of benzene rings is 2. The van der Waals surface area contributed by atoms with Crippen molar-refractivity contribution in [1.29, 1.82) is 0 Å². The van der Waals surface area contributed by atoms with Gasteiger partial charge in [0, 0.05) is 61.9 Å². The van der Waals surface area contributed by atoms with Crippen LogP contribution in [-0.2, 0) is 4.74 Å². The Labute approximate surface area is 274 Å². The van der Waals surface area contributed by atoms with E-state index in [2.05, 4.69) is 44.5 Å². The Morgan fingerprint density at radius 3 is 2.11 bits per heavy atom. The molecule has 8 rings (SSSR count). The van der Waals surface area contributed by atoms with Gasteiger partial charge < -0.3 is 35.2 Å². The van der Waals surface area contributed by atoms with Crippen molar-refractivity contribution < 1.29 is 14.6 Å². The number of anilines is 4. The number of aliphatic hydroxyl groups excluding tert-OH is 1. The van der Waals surface area contributed by atoms with Gasteiger partial charge >= 0.3 is 6.03 Å². The Morgan fingerprint density at radius 1 is 0.809 bits per heavy atom. The van der Waals surface area contributed by atoms with Crippen LogP contribution in [0.15, 0.2) is 54.7 Å². The van der Waals surface area contributed by atoms with Crippen molar-refractivity contribution >= 4 is 39.9 Å². The first-order valence-corrected chi connectivity index (χ1v) is 17.0. The molecule has 3 saturated heterocycles. The number of fused-ring (bicyclic) bond motifs is 3. The monoisotopic (exact) mass is 637 g/mol. The Kier molecular flexibility index (Phi) is 8.16. The topological polar surface area (TPSA) is 124 Å². The van der Waals surface area contributed by atoms with E-state index in [1.807, 2.05) is 47.3 Å². The molecule has 47 heavy (non-hydrogen) atoms. The van der Waals surface area contributed by atoms with Gasteiger partial charge in [-0.3, -0.25) is 0 Å². The number of nitrogens with zero attached hydrogens (tertiary/aromatic N) is 7. The summed E-state index contributed by atoms with van der Waals surface area (Å²) in [5, 5.41) is 21.8. The highest BCUT2D eigenvalue weighted by Crippen LogP contribution is 2.36. The summed E-state index contributed by atoms with van der Waals surface area (Å²) in [6.45, 7) is 5.72. The molecule has 12 heteroatoms. The maximum Gasteiger partial charge on any atom is 0.323 e. The molecule has 1 aliphatic carbocycles. The van der Waals surface area contributed by atoms with Crippen LogP contribution in [0.25, 0.3) is 22.4 Å². The molecule has 12 nitrogen and oxygen atoms in total. The molecule has 2 bridgehead atoms. The lowest BCUT2D eigenvalue weighted by Crippen LogP contribution is -2.44. The van der Waals surface area contributed by atoms with E-state index in [1.165, 1.54) is 5.69 Å². The largest absolute Gasteiger partial charge is 0.393 e. The molecular weight excluding hydrogens is 594 g/mol. The maximum absolute atomic E-state index is 12.9. The Morgan fingerprint density at radius 2 is 1.45 bits per heavy atom. The first-order chi connectivity index (χ1) is 22.9. The van der Waals surface area contributed by atoms with E-state index in [4.69, 9.17) is 19.8 Å². The van der Waals surface area contributed by atoms with E-state index in [9.17, 15) is 9.90 Å². The van der Waals surface area contributed by atoms with Crippen molar-refractivity contribution in [1.82, 2.24) is 24.6 Å². The minimum atomic E-state index is -0.298. The fourth-order valence-corrected chi connectivity index (χ4v) is 7.46. The lowest BCUT2D eigenvalue weighted by molar-refractivity contribution is 0.0303. The van der Waals surface area contributed by atoms with E-state index < -0.39 is 0 Å². The second-order valence-electron chi connectivity index (χ2n) is 13.5. The van der Waals surface area contributed by atoms with Crippen LogP contribution >= 0.6 is 0 Å². The predicted octanol–water partition coefficient (Wildman–Crippen LogP) is 4.73. The second kappa shape index (κ2) is 12.7.